The third-order valence-corrected chi connectivity index (χ3v) is 3.97. The predicted octanol–water partition coefficient (Wildman–Crippen LogP) is 3.81. The van der Waals surface area contributed by atoms with Crippen molar-refractivity contribution in [2.24, 2.45) is 0 Å². The molecule has 1 aromatic carbocycles. The van der Waals surface area contributed by atoms with Gasteiger partial charge in [-0.05, 0) is 29.8 Å². The van der Waals surface area contributed by atoms with Gasteiger partial charge >= 0.3 is 0 Å². The van der Waals surface area contributed by atoms with E-state index in [1.165, 1.54) is 0 Å². The van der Waals surface area contributed by atoms with Crippen LogP contribution in [0.1, 0.15) is 0 Å². The smallest absolute Gasteiger partial charge is 0.137 e. The van der Waals surface area contributed by atoms with Gasteiger partial charge in [0.25, 0.3) is 0 Å². The Bertz CT molecular complexity index is 988. The fourth-order valence-corrected chi connectivity index (χ4v) is 2.67. The maximum atomic E-state index is 9.55. The van der Waals surface area contributed by atoms with Crippen molar-refractivity contribution in [1.82, 2.24) is 14.4 Å². The number of fused-ring (bicyclic) bond motifs is 1. The summed E-state index contributed by atoms with van der Waals surface area (Å²) in [4.78, 5) is 8.92. The highest BCUT2D eigenvalue weighted by Gasteiger charge is 2.06. The topological polar surface area (TPSA) is 62.5 Å². The standard InChI is InChI=1S/C19H16N4O/c1-20-18-8-6-15(10-21-18)13-2-4-14(5-3-13)17-12-23-11-16(24)7-9-19(23)22-17/h2-12,24H,1H3,(H,20,21). The van der Waals surface area contributed by atoms with E-state index in [2.05, 4.69) is 27.4 Å². The molecule has 0 unspecified atom stereocenters. The number of hydrogen-bond donors (Lipinski definition) is 2. The molecule has 0 aliphatic rings. The molecule has 0 fully saturated rings. The van der Waals surface area contributed by atoms with Crippen molar-refractivity contribution in [2.45, 2.75) is 0 Å². The van der Waals surface area contributed by atoms with Crippen LogP contribution in [0.4, 0.5) is 5.82 Å². The molecule has 5 heteroatoms. The first-order valence-electron chi connectivity index (χ1n) is 7.65. The summed E-state index contributed by atoms with van der Waals surface area (Å²) < 4.78 is 1.82. The minimum absolute atomic E-state index is 0.222. The fourth-order valence-electron chi connectivity index (χ4n) is 2.67. The Kier molecular flexibility index (Phi) is 3.39. The van der Waals surface area contributed by atoms with Crippen molar-refractivity contribution in [1.29, 1.82) is 0 Å². The van der Waals surface area contributed by atoms with Crippen LogP contribution in [0, 0.1) is 0 Å². The summed E-state index contributed by atoms with van der Waals surface area (Å²) >= 11 is 0. The lowest BCUT2D eigenvalue weighted by atomic mass is 10.0. The number of aromatic nitrogens is 3. The van der Waals surface area contributed by atoms with Gasteiger partial charge in [0.1, 0.15) is 17.2 Å². The lowest BCUT2D eigenvalue weighted by molar-refractivity contribution is 0.472. The highest BCUT2D eigenvalue weighted by atomic mass is 16.3. The number of pyridine rings is 2. The largest absolute Gasteiger partial charge is 0.506 e. The highest BCUT2D eigenvalue weighted by Crippen LogP contribution is 2.25. The number of nitrogens with zero attached hydrogens (tertiary/aromatic N) is 3. The first-order chi connectivity index (χ1) is 11.7. The van der Waals surface area contributed by atoms with Gasteiger partial charge in [0, 0.05) is 30.6 Å². The molecular weight excluding hydrogens is 300 g/mol. The van der Waals surface area contributed by atoms with Gasteiger partial charge in [-0.3, -0.25) is 0 Å². The first kappa shape index (κ1) is 14.3. The summed E-state index contributed by atoms with van der Waals surface area (Å²) in [6.45, 7) is 0. The van der Waals surface area contributed by atoms with Crippen molar-refractivity contribution >= 4 is 11.5 Å². The van der Waals surface area contributed by atoms with E-state index in [1.807, 2.05) is 48.1 Å². The fraction of sp³-hybridized carbons (Fsp3) is 0.0526. The van der Waals surface area contributed by atoms with Crippen LogP contribution >= 0.6 is 0 Å². The van der Waals surface area contributed by atoms with Gasteiger partial charge in [-0.1, -0.05) is 24.3 Å². The summed E-state index contributed by atoms with van der Waals surface area (Å²) in [6.07, 6.45) is 5.41. The molecule has 0 aliphatic carbocycles. The molecule has 2 N–H and O–H groups in total. The van der Waals surface area contributed by atoms with Gasteiger partial charge in [0.05, 0.1) is 11.9 Å². The van der Waals surface area contributed by atoms with E-state index in [1.54, 1.807) is 18.3 Å². The summed E-state index contributed by atoms with van der Waals surface area (Å²) in [5, 5.41) is 12.6. The lowest BCUT2D eigenvalue weighted by Crippen LogP contribution is -1.91. The van der Waals surface area contributed by atoms with E-state index in [4.69, 9.17) is 0 Å². The van der Waals surface area contributed by atoms with Crippen LogP contribution in [0.5, 0.6) is 5.75 Å². The van der Waals surface area contributed by atoms with Crippen molar-refractivity contribution in [3.63, 3.8) is 0 Å². The minimum atomic E-state index is 0.222. The van der Waals surface area contributed by atoms with Crippen LogP contribution in [-0.4, -0.2) is 26.5 Å². The Morgan fingerprint density at radius 2 is 1.62 bits per heavy atom. The van der Waals surface area contributed by atoms with E-state index in [0.717, 1.165) is 33.8 Å². The number of hydrogen-bond acceptors (Lipinski definition) is 4. The second-order valence-electron chi connectivity index (χ2n) is 5.54. The van der Waals surface area contributed by atoms with Gasteiger partial charge in [-0.2, -0.15) is 0 Å². The van der Waals surface area contributed by atoms with Crippen molar-refractivity contribution < 1.29 is 5.11 Å². The number of rotatable bonds is 3. The van der Waals surface area contributed by atoms with Crippen LogP contribution in [0.15, 0.2) is 67.1 Å². The van der Waals surface area contributed by atoms with Gasteiger partial charge < -0.3 is 14.8 Å². The molecule has 0 saturated carbocycles. The maximum Gasteiger partial charge on any atom is 0.137 e. The molecule has 0 aliphatic heterocycles. The highest BCUT2D eigenvalue weighted by molar-refractivity contribution is 5.70. The van der Waals surface area contributed by atoms with Crippen molar-refractivity contribution in [3.8, 4) is 28.1 Å². The molecule has 3 heterocycles. The van der Waals surface area contributed by atoms with Crippen LogP contribution in [0.3, 0.4) is 0 Å². The number of aromatic hydroxyl groups is 1. The summed E-state index contributed by atoms with van der Waals surface area (Å²) in [7, 11) is 1.85. The molecule has 118 valence electrons. The SMILES string of the molecule is CNc1ccc(-c2ccc(-c3cn4cc(O)ccc4n3)cc2)cn1. The van der Waals surface area contributed by atoms with Crippen LogP contribution in [0.25, 0.3) is 28.0 Å². The molecule has 3 aromatic heterocycles. The minimum Gasteiger partial charge on any atom is -0.506 e. The molecule has 4 rings (SSSR count). The second-order valence-corrected chi connectivity index (χ2v) is 5.54. The van der Waals surface area contributed by atoms with Gasteiger partial charge in [0.15, 0.2) is 0 Å². The van der Waals surface area contributed by atoms with E-state index < -0.39 is 0 Å². The number of imidazole rings is 1. The van der Waals surface area contributed by atoms with E-state index in [-0.39, 0.29) is 5.75 Å². The summed E-state index contributed by atoms with van der Waals surface area (Å²) in [5.74, 6) is 1.07. The molecule has 0 saturated heterocycles. The van der Waals surface area contributed by atoms with Crippen LogP contribution in [0.2, 0.25) is 0 Å². The van der Waals surface area contributed by atoms with E-state index in [0.29, 0.717) is 0 Å². The Morgan fingerprint density at radius 3 is 2.33 bits per heavy atom. The first-order valence-corrected chi connectivity index (χ1v) is 7.65. The third-order valence-electron chi connectivity index (χ3n) is 3.97. The third kappa shape index (κ3) is 2.56. The van der Waals surface area contributed by atoms with Crippen LogP contribution in [-0.2, 0) is 0 Å². The number of anilines is 1. The normalized spacial score (nSPS) is 10.9. The second kappa shape index (κ2) is 5.70. The van der Waals surface area contributed by atoms with Crippen molar-refractivity contribution in [2.75, 3.05) is 12.4 Å². The molecule has 5 nitrogen and oxygen atoms in total. The monoisotopic (exact) mass is 316 g/mol. The zero-order chi connectivity index (χ0) is 16.5. The van der Waals surface area contributed by atoms with E-state index in [9.17, 15) is 5.11 Å². The van der Waals surface area contributed by atoms with Gasteiger partial charge in [-0.15, -0.1) is 0 Å². The van der Waals surface area contributed by atoms with Gasteiger partial charge in [0.2, 0.25) is 0 Å². The Balaban J connectivity index is 1.66. The average Bonchev–Trinajstić information content (AvgIpc) is 3.05. The molecule has 24 heavy (non-hydrogen) atoms. The van der Waals surface area contributed by atoms with Crippen molar-refractivity contribution in [3.05, 3.63) is 67.1 Å². The molecule has 0 radical (unpaired) electrons. The summed E-state index contributed by atoms with van der Waals surface area (Å²) in [6, 6.07) is 15.6. The zero-order valence-electron chi connectivity index (χ0n) is 13.1. The molecule has 0 atom stereocenters. The van der Waals surface area contributed by atoms with E-state index >= 15 is 0 Å². The molecular formula is C19H16N4O. The summed E-state index contributed by atoms with van der Waals surface area (Å²) in [5.41, 5.74) is 4.88. The molecule has 0 bridgehead atoms. The lowest BCUT2D eigenvalue weighted by Gasteiger charge is -2.04. The maximum absolute atomic E-state index is 9.55. The quantitative estimate of drug-likeness (QED) is 0.603. The Labute approximate surface area is 139 Å². The number of nitrogens with one attached hydrogen (secondary N) is 1. The Morgan fingerprint density at radius 1 is 0.875 bits per heavy atom. The van der Waals surface area contributed by atoms with Crippen LogP contribution < -0.4 is 5.32 Å². The zero-order valence-corrected chi connectivity index (χ0v) is 13.1. The molecule has 0 spiro atoms. The molecule has 4 aromatic rings. The number of benzene rings is 1. The average molecular weight is 316 g/mol. The van der Waals surface area contributed by atoms with Gasteiger partial charge in [-0.25, -0.2) is 9.97 Å². The molecule has 0 amide bonds. The Hall–Kier alpha value is -3.34. The predicted molar refractivity (Wildman–Crippen MR) is 95.1 cm³/mol.